The second-order valence-electron chi connectivity index (χ2n) is 20.9. The molecular formula is C65H59Cl4F2N6NaO8. The predicted octanol–water partition coefficient (Wildman–Crippen LogP) is 11.3. The first-order valence-corrected chi connectivity index (χ1v) is 29.4. The molecule has 5 aromatic carbocycles. The van der Waals surface area contributed by atoms with Gasteiger partial charge in [0.15, 0.2) is 17.5 Å². The maximum absolute atomic E-state index is 13.9. The van der Waals surface area contributed by atoms with Crippen molar-refractivity contribution in [1.29, 1.82) is 0 Å². The van der Waals surface area contributed by atoms with Gasteiger partial charge < -0.3 is 28.8 Å². The van der Waals surface area contributed by atoms with Gasteiger partial charge in [-0.15, -0.1) is 0 Å². The topological polar surface area (TPSA) is 189 Å². The third-order valence-corrected chi connectivity index (χ3v) is 15.6. The number of carbonyl (C=O) groups excluding carboxylic acids is 3. The summed E-state index contributed by atoms with van der Waals surface area (Å²) in [6.45, 7) is 8.77. The van der Waals surface area contributed by atoms with Crippen molar-refractivity contribution in [2.45, 2.75) is 85.5 Å². The van der Waals surface area contributed by atoms with Gasteiger partial charge in [-0.2, -0.15) is 0 Å². The second-order valence-corrected chi connectivity index (χ2v) is 22.6. The Kier molecular flexibility index (Phi) is 22.0. The van der Waals surface area contributed by atoms with Crippen LogP contribution in [0.1, 0.15) is 83.3 Å². The molecule has 0 N–H and O–H groups in total. The Morgan fingerprint density at radius 1 is 0.453 bits per heavy atom. The summed E-state index contributed by atoms with van der Waals surface area (Å²) in [5, 5.41) is 13.8. The van der Waals surface area contributed by atoms with Crippen molar-refractivity contribution in [3.8, 4) is 68.2 Å². The van der Waals surface area contributed by atoms with Crippen LogP contribution in [0.15, 0.2) is 127 Å². The van der Waals surface area contributed by atoms with E-state index in [0.717, 1.165) is 53.8 Å². The van der Waals surface area contributed by atoms with Crippen LogP contribution >= 0.6 is 46.4 Å². The zero-order valence-corrected chi connectivity index (χ0v) is 53.1. The predicted molar refractivity (Wildman–Crippen MR) is 320 cm³/mol. The van der Waals surface area contributed by atoms with Gasteiger partial charge in [0.05, 0.1) is 48.6 Å². The van der Waals surface area contributed by atoms with Crippen LogP contribution in [0, 0.1) is 27.9 Å². The van der Waals surface area contributed by atoms with Gasteiger partial charge in [-0.1, -0.05) is 46.4 Å². The molecule has 0 bridgehead atoms. The molecule has 3 aliphatic carbocycles. The molecular weight excluding hydrogens is 1200 g/mol. The van der Waals surface area contributed by atoms with Gasteiger partial charge >= 0.3 is 41.5 Å². The number of ether oxygens (including phenoxy) is 4. The molecule has 0 spiro atoms. The molecule has 440 valence electrons. The van der Waals surface area contributed by atoms with Crippen molar-refractivity contribution >= 4 is 64.3 Å². The molecule has 0 unspecified atom stereocenters. The molecule has 3 heterocycles. The van der Waals surface area contributed by atoms with Crippen LogP contribution in [0.4, 0.5) is 8.78 Å². The maximum Gasteiger partial charge on any atom is 1.00 e. The Balaban J connectivity index is 0.000000169. The molecule has 21 heteroatoms. The number of hydrogen-bond donors (Lipinski definition) is 0. The van der Waals surface area contributed by atoms with Crippen LogP contribution in [0.5, 0.6) is 11.5 Å². The number of aromatic nitrogens is 6. The van der Waals surface area contributed by atoms with E-state index in [1.54, 1.807) is 79.7 Å². The van der Waals surface area contributed by atoms with Crippen molar-refractivity contribution in [2.24, 2.45) is 16.2 Å². The molecule has 8 aromatic rings. The van der Waals surface area contributed by atoms with Crippen molar-refractivity contribution in [2.75, 3.05) is 26.4 Å². The Morgan fingerprint density at radius 2 is 0.791 bits per heavy atom. The zero-order chi connectivity index (χ0) is 60.5. The van der Waals surface area contributed by atoms with E-state index in [4.69, 9.17) is 75.3 Å². The summed E-state index contributed by atoms with van der Waals surface area (Å²) in [6.07, 6.45) is 5.52. The van der Waals surface area contributed by atoms with Gasteiger partial charge in [0.1, 0.15) is 28.3 Å². The van der Waals surface area contributed by atoms with Crippen LogP contribution in [0.2, 0.25) is 20.2 Å². The largest absolute Gasteiger partial charge is 1.00 e. The Labute approximate surface area is 539 Å². The number of esters is 2. The fraction of sp³-hybridized carbons (Fsp3) is 0.308. The number of aliphatic carboxylic acids is 1. The van der Waals surface area contributed by atoms with Crippen molar-refractivity contribution in [3.05, 3.63) is 176 Å². The standard InChI is InChI=1S/C25H24ClFN2O3.C23H20ClFN2O3.C17H16Cl2N2O2.Na/c1-3-31-22-13-18(27)9-10-20(22)21-14-19(15-25(11-12-25)24(30)32-4-2)28-23(29-21)16-5-7-17(26)8-6-16;1-2-30-20-11-16(25)7-8-18(20)19-12-17(13-23(9-10-23)22(28)29)26-21(27-19)14-3-5-15(24)6-4-14;1-2-23-16(22)17(7-8-17)10-13-9-14(19)21-15(20-13)11-3-5-12(18)6-4-11;/h5-10,13-14H,3-4,11-12,15H2,1-2H3;3-8,11-12H,2,9-10,13H2,1H3,(H,28,29);3-6,9H,2,7-8,10H2,1H3;/q;;;+1/p-1. The number of halogens is 6. The van der Waals surface area contributed by atoms with E-state index >= 15 is 0 Å². The number of hydrogen-bond acceptors (Lipinski definition) is 14. The molecule has 86 heavy (non-hydrogen) atoms. The fourth-order valence-electron chi connectivity index (χ4n) is 9.58. The Bertz CT molecular complexity index is 3720. The minimum atomic E-state index is -1.06. The van der Waals surface area contributed by atoms with E-state index in [-0.39, 0.29) is 53.7 Å². The van der Waals surface area contributed by atoms with Crippen LogP contribution in [-0.2, 0) is 43.1 Å². The van der Waals surface area contributed by atoms with E-state index in [1.165, 1.54) is 24.3 Å². The van der Waals surface area contributed by atoms with Gasteiger partial charge in [-0.25, -0.2) is 38.7 Å². The first-order valence-electron chi connectivity index (χ1n) is 27.8. The first kappa shape index (κ1) is 65.3. The molecule has 0 radical (unpaired) electrons. The normalized spacial score (nSPS) is 14.3. The molecule has 3 aliphatic rings. The molecule has 0 atom stereocenters. The SMILES string of the molecule is CCOC(=O)C1(Cc2cc(-c3ccc(F)cc3OCC)nc(-c3ccc(Cl)cc3)n2)CC1.CCOC(=O)C1(Cc2cc(Cl)nc(-c3ccc(Cl)cc3)n2)CC1.CCOc1cc(F)ccc1-c1cc(CC2(C(=O)[O-])CC2)nc(-c2ccc(Cl)cc2)n1.[Na+]. The third-order valence-electron chi connectivity index (χ3n) is 14.6. The van der Waals surface area contributed by atoms with E-state index in [9.17, 15) is 28.3 Å². The monoisotopic (exact) mass is 1250 g/mol. The molecule has 0 amide bonds. The average Bonchev–Trinajstić information content (AvgIpc) is 2.10. The number of carbonyl (C=O) groups is 3. The first-order chi connectivity index (χ1) is 40.9. The smallest absolute Gasteiger partial charge is 0.550 e. The summed E-state index contributed by atoms with van der Waals surface area (Å²) < 4.78 is 49.4. The van der Waals surface area contributed by atoms with Crippen LogP contribution in [-0.4, -0.2) is 74.2 Å². The zero-order valence-electron chi connectivity index (χ0n) is 48.0. The van der Waals surface area contributed by atoms with Crippen molar-refractivity contribution in [1.82, 2.24) is 29.9 Å². The van der Waals surface area contributed by atoms with Crippen molar-refractivity contribution < 1.29 is 76.8 Å². The summed E-state index contributed by atoms with van der Waals surface area (Å²) in [4.78, 5) is 63.7. The fourth-order valence-corrected chi connectivity index (χ4v) is 10.2. The number of benzene rings is 5. The summed E-state index contributed by atoms with van der Waals surface area (Å²) in [7, 11) is 0. The third kappa shape index (κ3) is 16.5. The van der Waals surface area contributed by atoms with Gasteiger partial charge in [0.2, 0.25) is 0 Å². The quantitative estimate of drug-likeness (QED) is 0.0398. The van der Waals surface area contributed by atoms with E-state index in [2.05, 4.69) is 19.9 Å². The summed E-state index contributed by atoms with van der Waals surface area (Å²) in [5.74, 6) is 0.0349. The molecule has 14 nitrogen and oxygen atoms in total. The van der Waals surface area contributed by atoms with Gasteiger partial charge in [-0.05, 0) is 181 Å². The van der Waals surface area contributed by atoms with E-state index in [0.29, 0.717) is 130 Å². The summed E-state index contributed by atoms with van der Waals surface area (Å²) in [6, 6.07) is 35.5. The molecule has 3 saturated carbocycles. The van der Waals surface area contributed by atoms with Gasteiger partial charge in [0, 0.05) is 103 Å². The molecule has 0 saturated heterocycles. The van der Waals surface area contributed by atoms with E-state index < -0.39 is 28.0 Å². The number of rotatable bonds is 20. The van der Waals surface area contributed by atoms with Gasteiger partial charge in [0.25, 0.3) is 0 Å². The Morgan fingerprint density at radius 3 is 1.12 bits per heavy atom. The van der Waals surface area contributed by atoms with Crippen LogP contribution < -0.4 is 44.1 Å². The molecule has 3 fully saturated rings. The molecule has 0 aliphatic heterocycles. The van der Waals surface area contributed by atoms with E-state index in [1.807, 2.05) is 51.1 Å². The minimum Gasteiger partial charge on any atom is -0.550 e. The van der Waals surface area contributed by atoms with Crippen molar-refractivity contribution in [3.63, 3.8) is 0 Å². The number of carboxylic acids is 1. The maximum atomic E-state index is 13.9. The van der Waals surface area contributed by atoms with Gasteiger partial charge in [-0.3, -0.25) is 9.59 Å². The average molecular weight is 1260 g/mol. The number of carboxylic acid groups (broad SMARTS) is 1. The summed E-state index contributed by atoms with van der Waals surface area (Å²) >= 11 is 24.1. The molecule has 11 rings (SSSR count). The second kappa shape index (κ2) is 28.9. The van der Waals surface area contributed by atoms with Crippen LogP contribution in [0.3, 0.4) is 0 Å². The number of nitrogens with zero attached hydrogens (tertiary/aromatic N) is 6. The Hall–Kier alpha value is -6.63. The van der Waals surface area contributed by atoms with Crippen LogP contribution in [0.25, 0.3) is 56.7 Å². The minimum absolute atomic E-state index is 0. The molecule has 3 aromatic heterocycles. The summed E-state index contributed by atoms with van der Waals surface area (Å²) in [5.41, 5.74) is 4.95.